The molecule has 0 saturated heterocycles. The number of aliphatic carboxylic acids is 1. The lowest BCUT2D eigenvalue weighted by Crippen LogP contribution is -2.23. The van der Waals surface area contributed by atoms with Crippen LogP contribution in [0.25, 0.3) is 0 Å². The first kappa shape index (κ1) is 12.6. The zero-order valence-corrected chi connectivity index (χ0v) is 10.2. The molecule has 0 fully saturated rings. The van der Waals surface area contributed by atoms with Gasteiger partial charge in [-0.05, 0) is 18.6 Å². The third kappa shape index (κ3) is 2.54. The Morgan fingerprint density at radius 1 is 1.44 bits per heavy atom. The zero-order chi connectivity index (χ0) is 12.3. The summed E-state index contributed by atoms with van der Waals surface area (Å²) in [5, 5.41) is 8.92. The van der Waals surface area contributed by atoms with E-state index in [1.165, 1.54) is 0 Å². The number of carbonyl (C=O) groups is 1. The lowest BCUT2D eigenvalue weighted by molar-refractivity contribution is -0.138. The van der Waals surface area contributed by atoms with E-state index in [0.717, 1.165) is 16.9 Å². The molecule has 1 aromatic rings. The number of hydrogen-bond acceptors (Lipinski definition) is 2. The van der Waals surface area contributed by atoms with E-state index in [1.54, 1.807) is 7.11 Å². The minimum atomic E-state index is -0.796. The van der Waals surface area contributed by atoms with Crippen molar-refractivity contribution in [2.45, 2.75) is 32.6 Å². The smallest absolute Gasteiger partial charge is 0.304 e. The topological polar surface area (TPSA) is 46.5 Å². The fourth-order valence-corrected chi connectivity index (χ4v) is 2.14. The Morgan fingerprint density at radius 3 is 2.56 bits per heavy atom. The number of carboxylic acids is 1. The first-order chi connectivity index (χ1) is 7.38. The van der Waals surface area contributed by atoms with Gasteiger partial charge in [-0.2, -0.15) is 0 Å². The summed E-state index contributed by atoms with van der Waals surface area (Å²) in [4.78, 5) is 10.9. The van der Waals surface area contributed by atoms with Crippen LogP contribution in [-0.2, 0) is 10.2 Å². The zero-order valence-electron chi connectivity index (χ0n) is 10.2. The van der Waals surface area contributed by atoms with Gasteiger partial charge in [0.15, 0.2) is 0 Å². The molecule has 0 aliphatic rings. The molecule has 1 N–H and O–H groups in total. The summed E-state index contributed by atoms with van der Waals surface area (Å²) in [6.07, 6.45) is 0.0915. The molecule has 88 valence electrons. The molecule has 0 bridgehead atoms. The molecule has 0 aliphatic heterocycles. The van der Waals surface area contributed by atoms with Gasteiger partial charge in [-0.1, -0.05) is 26.0 Å². The van der Waals surface area contributed by atoms with Gasteiger partial charge in [-0.15, -0.1) is 0 Å². The summed E-state index contributed by atoms with van der Waals surface area (Å²) in [5.41, 5.74) is 1.60. The van der Waals surface area contributed by atoms with E-state index in [9.17, 15) is 4.79 Å². The Morgan fingerprint density at radius 2 is 2.06 bits per heavy atom. The van der Waals surface area contributed by atoms with Gasteiger partial charge in [0.25, 0.3) is 0 Å². The second-order valence-electron chi connectivity index (χ2n) is 4.61. The molecule has 0 amide bonds. The Balaban J connectivity index is 3.24. The highest BCUT2D eigenvalue weighted by Gasteiger charge is 2.28. The molecular weight excluding hydrogens is 204 g/mol. The Bertz CT molecular complexity index is 394. The molecule has 16 heavy (non-hydrogen) atoms. The number of rotatable bonds is 4. The maximum Gasteiger partial charge on any atom is 0.304 e. The van der Waals surface area contributed by atoms with Gasteiger partial charge in [0.2, 0.25) is 0 Å². The van der Waals surface area contributed by atoms with E-state index < -0.39 is 11.4 Å². The fourth-order valence-electron chi connectivity index (χ4n) is 2.14. The molecule has 3 heteroatoms. The highest BCUT2D eigenvalue weighted by atomic mass is 16.5. The van der Waals surface area contributed by atoms with E-state index in [1.807, 2.05) is 39.0 Å². The second-order valence-corrected chi connectivity index (χ2v) is 4.61. The van der Waals surface area contributed by atoms with Crippen LogP contribution in [0.1, 0.15) is 31.4 Å². The van der Waals surface area contributed by atoms with Gasteiger partial charge in [0.05, 0.1) is 13.5 Å². The normalized spacial score (nSPS) is 11.2. The first-order valence-corrected chi connectivity index (χ1v) is 5.24. The maximum atomic E-state index is 10.9. The van der Waals surface area contributed by atoms with Crippen LogP contribution in [0.2, 0.25) is 0 Å². The van der Waals surface area contributed by atoms with Crippen LogP contribution in [0.3, 0.4) is 0 Å². The van der Waals surface area contributed by atoms with E-state index in [-0.39, 0.29) is 6.42 Å². The largest absolute Gasteiger partial charge is 0.496 e. The van der Waals surface area contributed by atoms with Crippen molar-refractivity contribution in [3.05, 3.63) is 29.3 Å². The maximum absolute atomic E-state index is 10.9. The molecule has 1 rings (SSSR count). The van der Waals surface area contributed by atoms with Gasteiger partial charge in [0, 0.05) is 11.0 Å². The number of aryl methyl sites for hydroxylation is 1. The summed E-state index contributed by atoms with van der Waals surface area (Å²) in [6, 6.07) is 5.75. The van der Waals surface area contributed by atoms with Crippen LogP contribution in [0.4, 0.5) is 0 Å². The predicted octanol–water partition coefficient (Wildman–Crippen LogP) is 2.76. The number of carboxylic acid groups (broad SMARTS) is 1. The molecule has 0 atom stereocenters. The minimum Gasteiger partial charge on any atom is -0.496 e. The van der Waals surface area contributed by atoms with Crippen LogP contribution in [0.5, 0.6) is 5.75 Å². The molecular formula is C13H18O3. The summed E-state index contributed by atoms with van der Waals surface area (Å²) in [6.45, 7) is 5.82. The van der Waals surface area contributed by atoms with Crippen molar-refractivity contribution < 1.29 is 14.6 Å². The first-order valence-electron chi connectivity index (χ1n) is 5.24. The summed E-state index contributed by atoms with van der Waals surface area (Å²) in [7, 11) is 1.61. The van der Waals surface area contributed by atoms with Gasteiger partial charge in [-0.3, -0.25) is 4.79 Å². The Labute approximate surface area is 96.1 Å². The Kier molecular flexibility index (Phi) is 3.58. The van der Waals surface area contributed by atoms with E-state index in [4.69, 9.17) is 9.84 Å². The van der Waals surface area contributed by atoms with Crippen molar-refractivity contribution in [1.29, 1.82) is 0 Å². The molecule has 0 spiro atoms. The lowest BCUT2D eigenvalue weighted by Gasteiger charge is -2.27. The van der Waals surface area contributed by atoms with Crippen LogP contribution in [0.15, 0.2) is 18.2 Å². The molecule has 3 nitrogen and oxygen atoms in total. The Hall–Kier alpha value is -1.51. The highest BCUT2D eigenvalue weighted by Crippen LogP contribution is 2.36. The second kappa shape index (κ2) is 4.56. The van der Waals surface area contributed by atoms with Crippen LogP contribution in [0, 0.1) is 6.92 Å². The minimum absolute atomic E-state index is 0.0915. The van der Waals surface area contributed by atoms with Crippen molar-refractivity contribution in [3.8, 4) is 5.75 Å². The van der Waals surface area contributed by atoms with Gasteiger partial charge in [-0.25, -0.2) is 0 Å². The van der Waals surface area contributed by atoms with Crippen LogP contribution >= 0.6 is 0 Å². The highest BCUT2D eigenvalue weighted by molar-refractivity contribution is 5.69. The standard InChI is InChI=1S/C13H18O3/c1-9-6-5-7-10(16-4)12(9)13(2,3)8-11(14)15/h5-7H,8H2,1-4H3,(H,14,15). The van der Waals surface area contributed by atoms with Crippen molar-refractivity contribution in [1.82, 2.24) is 0 Å². The van der Waals surface area contributed by atoms with Crippen LogP contribution in [-0.4, -0.2) is 18.2 Å². The fraction of sp³-hybridized carbons (Fsp3) is 0.462. The number of methoxy groups -OCH3 is 1. The number of ether oxygens (including phenoxy) is 1. The predicted molar refractivity (Wildman–Crippen MR) is 63.0 cm³/mol. The molecule has 0 unspecified atom stereocenters. The molecule has 0 radical (unpaired) electrons. The van der Waals surface area contributed by atoms with Gasteiger partial charge < -0.3 is 9.84 Å². The van der Waals surface area contributed by atoms with Crippen LogP contribution < -0.4 is 4.74 Å². The quantitative estimate of drug-likeness (QED) is 0.852. The monoisotopic (exact) mass is 222 g/mol. The van der Waals surface area contributed by atoms with Gasteiger partial charge >= 0.3 is 5.97 Å². The van der Waals surface area contributed by atoms with E-state index in [0.29, 0.717) is 0 Å². The third-order valence-corrected chi connectivity index (χ3v) is 2.72. The lowest BCUT2D eigenvalue weighted by atomic mass is 9.79. The summed E-state index contributed by atoms with van der Waals surface area (Å²) >= 11 is 0. The van der Waals surface area contributed by atoms with Crippen molar-refractivity contribution in [2.75, 3.05) is 7.11 Å². The molecule has 0 aromatic heterocycles. The summed E-state index contributed by atoms with van der Waals surface area (Å²) < 4.78 is 5.30. The average Bonchev–Trinajstić information content (AvgIpc) is 2.14. The molecule has 0 saturated carbocycles. The van der Waals surface area contributed by atoms with E-state index >= 15 is 0 Å². The van der Waals surface area contributed by atoms with E-state index in [2.05, 4.69) is 0 Å². The molecule has 1 aromatic carbocycles. The SMILES string of the molecule is COc1cccc(C)c1C(C)(C)CC(=O)O. The summed E-state index contributed by atoms with van der Waals surface area (Å²) in [5.74, 6) is -0.0402. The number of hydrogen-bond donors (Lipinski definition) is 1. The van der Waals surface area contributed by atoms with Crippen molar-refractivity contribution in [2.24, 2.45) is 0 Å². The van der Waals surface area contributed by atoms with Crippen molar-refractivity contribution in [3.63, 3.8) is 0 Å². The van der Waals surface area contributed by atoms with Gasteiger partial charge in [0.1, 0.15) is 5.75 Å². The molecule has 0 heterocycles. The van der Waals surface area contributed by atoms with Crippen molar-refractivity contribution >= 4 is 5.97 Å². The third-order valence-electron chi connectivity index (χ3n) is 2.72. The number of benzene rings is 1. The average molecular weight is 222 g/mol. The molecule has 0 aliphatic carbocycles.